The molecule has 0 aliphatic carbocycles. The fourth-order valence-electron chi connectivity index (χ4n) is 2.18. The topological polar surface area (TPSA) is 58.4 Å². The lowest BCUT2D eigenvalue weighted by Gasteiger charge is -2.24. The van der Waals surface area contributed by atoms with Gasteiger partial charge in [0.15, 0.2) is 5.82 Å². The Morgan fingerprint density at radius 3 is 2.54 bits per heavy atom. The van der Waals surface area contributed by atoms with Gasteiger partial charge in [0.05, 0.1) is 0 Å². The van der Waals surface area contributed by atoms with Gasteiger partial charge in [-0.3, -0.25) is 4.79 Å². The van der Waals surface area contributed by atoms with Gasteiger partial charge in [0, 0.05) is 19.2 Å². The number of anilines is 1. The van der Waals surface area contributed by atoms with E-state index in [0.717, 1.165) is 18.7 Å². The molecule has 2 aromatic rings. The zero-order chi connectivity index (χ0) is 17.5. The lowest BCUT2D eigenvalue weighted by molar-refractivity contribution is -0.115. The van der Waals surface area contributed by atoms with Crippen molar-refractivity contribution in [1.82, 2.24) is 10.1 Å². The summed E-state index contributed by atoms with van der Waals surface area (Å²) >= 11 is 6.89. The number of hydrogen-bond acceptors (Lipinski definition) is 5. The van der Waals surface area contributed by atoms with Gasteiger partial charge in [-0.2, -0.15) is 0 Å². The molecule has 0 aliphatic rings. The molecule has 0 aliphatic heterocycles. The number of rotatable bonds is 6. The van der Waals surface area contributed by atoms with Gasteiger partial charge in [-0.25, -0.2) is 0 Å². The number of aryl methyl sites for hydroxylation is 1. The molecule has 1 N–H and O–H groups in total. The van der Waals surface area contributed by atoms with Crippen LogP contribution in [0.1, 0.15) is 30.4 Å². The summed E-state index contributed by atoms with van der Waals surface area (Å²) in [6, 6.07) is 11.3. The van der Waals surface area contributed by atoms with Gasteiger partial charge in [-0.05, 0) is 26.3 Å². The Bertz CT molecular complexity index is 684. The van der Waals surface area contributed by atoms with Crippen LogP contribution < -0.4 is 5.32 Å². The second kappa shape index (κ2) is 8.84. The summed E-state index contributed by atoms with van der Waals surface area (Å²) in [5.74, 6) is 0.884. The second-order valence-corrected chi connectivity index (χ2v) is 6.90. The van der Waals surface area contributed by atoms with Crippen LogP contribution in [0.2, 0.25) is 0 Å². The molecular formula is C17H21N3O2S2. The van der Waals surface area contributed by atoms with E-state index in [1.165, 1.54) is 11.8 Å². The maximum Gasteiger partial charge on any atom is 0.243 e. The highest BCUT2D eigenvalue weighted by Gasteiger charge is 2.25. The fourth-order valence-corrected chi connectivity index (χ4v) is 3.79. The highest BCUT2D eigenvalue weighted by molar-refractivity contribution is 8.23. The molecule has 1 unspecified atom stereocenters. The third kappa shape index (κ3) is 4.82. The molecule has 0 bridgehead atoms. The Kier molecular flexibility index (Phi) is 6.81. The van der Waals surface area contributed by atoms with Crippen LogP contribution in [0.15, 0.2) is 40.9 Å². The van der Waals surface area contributed by atoms with Gasteiger partial charge in [0.1, 0.15) is 15.3 Å². The molecule has 5 nitrogen and oxygen atoms in total. The summed E-state index contributed by atoms with van der Waals surface area (Å²) in [6.45, 7) is 7.50. The number of nitrogens with zero attached hydrogens (tertiary/aromatic N) is 2. The van der Waals surface area contributed by atoms with Crippen LogP contribution >= 0.6 is 24.0 Å². The van der Waals surface area contributed by atoms with Crippen molar-refractivity contribution in [1.29, 1.82) is 0 Å². The molecule has 1 aromatic heterocycles. The van der Waals surface area contributed by atoms with Crippen LogP contribution in [0.25, 0.3) is 0 Å². The van der Waals surface area contributed by atoms with Crippen LogP contribution in [-0.2, 0) is 4.79 Å². The molecule has 1 atom stereocenters. The number of nitrogens with one attached hydrogen (secondary N) is 1. The van der Waals surface area contributed by atoms with Crippen molar-refractivity contribution < 1.29 is 9.32 Å². The van der Waals surface area contributed by atoms with E-state index in [4.69, 9.17) is 16.7 Å². The number of carbonyl (C=O) groups excluding carboxylic acids is 1. The summed E-state index contributed by atoms with van der Waals surface area (Å²) in [4.78, 5) is 14.8. The number of hydrogen-bond donors (Lipinski definition) is 1. The van der Waals surface area contributed by atoms with Gasteiger partial charge in [0.2, 0.25) is 5.91 Å². The molecule has 128 valence electrons. The predicted molar refractivity (Wildman–Crippen MR) is 102 cm³/mol. The molecule has 2 rings (SSSR count). The Hall–Kier alpha value is -1.86. The first-order chi connectivity index (χ1) is 11.5. The Morgan fingerprint density at radius 2 is 2.00 bits per heavy atom. The van der Waals surface area contributed by atoms with Crippen LogP contribution in [0, 0.1) is 6.92 Å². The van der Waals surface area contributed by atoms with Crippen molar-refractivity contribution in [3.05, 3.63) is 47.7 Å². The normalized spacial score (nSPS) is 11.8. The summed E-state index contributed by atoms with van der Waals surface area (Å²) in [5, 5.41) is 6.17. The lowest BCUT2D eigenvalue weighted by atomic mass is 10.1. The number of benzene rings is 1. The second-order valence-electron chi connectivity index (χ2n) is 5.16. The molecular weight excluding hydrogens is 342 g/mol. The smallest absolute Gasteiger partial charge is 0.243 e. The minimum absolute atomic E-state index is 0.172. The molecule has 0 spiro atoms. The number of amides is 1. The quantitative estimate of drug-likeness (QED) is 0.782. The van der Waals surface area contributed by atoms with Crippen molar-refractivity contribution in [3.8, 4) is 0 Å². The van der Waals surface area contributed by atoms with Crippen LogP contribution in [0.3, 0.4) is 0 Å². The maximum atomic E-state index is 12.8. The van der Waals surface area contributed by atoms with Crippen LogP contribution in [0.4, 0.5) is 5.82 Å². The molecule has 1 amide bonds. The average molecular weight is 364 g/mol. The van der Waals surface area contributed by atoms with E-state index in [9.17, 15) is 4.79 Å². The third-order valence-electron chi connectivity index (χ3n) is 3.46. The SMILES string of the molecule is CCN(CC)C(=S)SC(C(=O)Nc1cc(C)on1)c1ccccc1. The number of carbonyl (C=O) groups is 1. The Morgan fingerprint density at radius 1 is 1.33 bits per heavy atom. The standard InChI is InChI=1S/C17H21N3O2S2/c1-4-20(5-2)17(23)24-15(13-9-7-6-8-10-13)16(21)18-14-11-12(3)22-19-14/h6-11,15H,4-5H2,1-3H3,(H,18,19,21). The monoisotopic (exact) mass is 363 g/mol. The fraction of sp³-hybridized carbons (Fsp3) is 0.353. The van der Waals surface area contributed by atoms with Crippen molar-refractivity contribution >= 4 is 40.0 Å². The van der Waals surface area contributed by atoms with Gasteiger partial charge >= 0.3 is 0 Å². The van der Waals surface area contributed by atoms with E-state index < -0.39 is 5.25 Å². The van der Waals surface area contributed by atoms with E-state index in [2.05, 4.69) is 15.4 Å². The molecule has 7 heteroatoms. The van der Waals surface area contributed by atoms with E-state index in [-0.39, 0.29) is 5.91 Å². The van der Waals surface area contributed by atoms with E-state index >= 15 is 0 Å². The van der Waals surface area contributed by atoms with E-state index in [1.807, 2.05) is 44.2 Å². The summed E-state index contributed by atoms with van der Waals surface area (Å²) < 4.78 is 5.71. The van der Waals surface area contributed by atoms with Gasteiger partial charge in [-0.15, -0.1) is 0 Å². The first-order valence-electron chi connectivity index (χ1n) is 7.79. The van der Waals surface area contributed by atoms with Gasteiger partial charge in [0.25, 0.3) is 0 Å². The minimum Gasteiger partial charge on any atom is -0.360 e. The maximum absolute atomic E-state index is 12.8. The predicted octanol–water partition coefficient (Wildman–Crippen LogP) is 4.02. The van der Waals surface area contributed by atoms with Crippen molar-refractivity contribution in [2.24, 2.45) is 0 Å². The lowest BCUT2D eigenvalue weighted by Crippen LogP contribution is -2.29. The summed E-state index contributed by atoms with van der Waals surface area (Å²) in [6.07, 6.45) is 0. The van der Waals surface area contributed by atoms with Crippen molar-refractivity contribution in [3.63, 3.8) is 0 Å². The average Bonchev–Trinajstić information content (AvgIpc) is 2.99. The first kappa shape index (κ1) is 18.5. The van der Waals surface area contributed by atoms with E-state index in [0.29, 0.717) is 15.9 Å². The Balaban J connectivity index is 2.19. The minimum atomic E-state index is -0.448. The number of aromatic nitrogens is 1. The van der Waals surface area contributed by atoms with Crippen LogP contribution in [0.5, 0.6) is 0 Å². The van der Waals surface area contributed by atoms with Crippen LogP contribution in [-0.4, -0.2) is 33.4 Å². The van der Waals surface area contributed by atoms with Crippen molar-refractivity contribution in [2.75, 3.05) is 18.4 Å². The van der Waals surface area contributed by atoms with Gasteiger partial charge < -0.3 is 14.7 Å². The molecule has 1 aromatic carbocycles. The van der Waals surface area contributed by atoms with Crippen molar-refractivity contribution in [2.45, 2.75) is 26.0 Å². The molecule has 24 heavy (non-hydrogen) atoms. The third-order valence-corrected chi connectivity index (χ3v) is 5.19. The molecule has 0 saturated carbocycles. The summed E-state index contributed by atoms with van der Waals surface area (Å²) in [7, 11) is 0. The number of thioether (sulfide) groups is 1. The number of thiocarbonyl (C=S) groups is 1. The highest BCUT2D eigenvalue weighted by Crippen LogP contribution is 2.32. The Labute approximate surface area is 151 Å². The molecule has 1 heterocycles. The first-order valence-corrected chi connectivity index (χ1v) is 9.08. The molecule has 0 saturated heterocycles. The zero-order valence-electron chi connectivity index (χ0n) is 14.0. The summed E-state index contributed by atoms with van der Waals surface area (Å²) in [5.41, 5.74) is 0.898. The van der Waals surface area contributed by atoms with E-state index in [1.54, 1.807) is 13.0 Å². The molecule has 0 radical (unpaired) electrons. The molecule has 0 fully saturated rings. The largest absolute Gasteiger partial charge is 0.360 e. The van der Waals surface area contributed by atoms with Gasteiger partial charge in [-0.1, -0.05) is 59.5 Å². The zero-order valence-corrected chi connectivity index (χ0v) is 15.6. The highest BCUT2D eigenvalue weighted by atomic mass is 32.2.